The lowest BCUT2D eigenvalue weighted by atomic mass is 10.2. The summed E-state index contributed by atoms with van der Waals surface area (Å²) in [5, 5.41) is 4.51. The number of hydrogen-bond acceptors (Lipinski definition) is 0. The first-order valence-corrected chi connectivity index (χ1v) is 11.4. The molecule has 1 heteroatoms. The average Bonchev–Trinajstić information content (AvgIpc) is 2.70. The smallest absolute Gasteiger partial charge is 0.0654 e. The minimum Gasteiger partial charge on any atom is -0.0654 e. The van der Waals surface area contributed by atoms with Crippen LogP contribution >= 0.6 is 7.26 Å². The first-order valence-electron chi connectivity index (χ1n) is 9.43. The van der Waals surface area contributed by atoms with Gasteiger partial charge in [0.2, 0.25) is 0 Å². The molecule has 3 aromatic rings. The van der Waals surface area contributed by atoms with E-state index in [0.717, 1.165) is 0 Å². The molecule has 0 fully saturated rings. The van der Waals surface area contributed by atoms with Gasteiger partial charge in [-0.3, -0.25) is 0 Å². The van der Waals surface area contributed by atoms with Gasteiger partial charge in [-0.25, -0.2) is 0 Å². The SMILES string of the molecule is [13CH3]CCCCC[P+](c1ccccc1)(c1ccccc1)c1ccccc1. The topological polar surface area (TPSA) is 0 Å². The fraction of sp³-hybridized carbons (Fsp3) is 0.250. The largest absolute Gasteiger partial charge is 0.112 e. The Hall–Kier alpha value is -1.91. The fourth-order valence-electron chi connectivity index (χ4n) is 3.66. The van der Waals surface area contributed by atoms with E-state index >= 15 is 0 Å². The summed E-state index contributed by atoms with van der Waals surface area (Å²) in [6, 6.07) is 33.6. The molecule has 0 nitrogen and oxygen atoms in total. The van der Waals surface area contributed by atoms with E-state index in [4.69, 9.17) is 0 Å². The summed E-state index contributed by atoms with van der Waals surface area (Å²) in [5.41, 5.74) is 0. The third-order valence-corrected chi connectivity index (χ3v) is 9.46. The molecule has 0 bridgehead atoms. The van der Waals surface area contributed by atoms with Gasteiger partial charge in [0.1, 0.15) is 23.2 Å². The van der Waals surface area contributed by atoms with Gasteiger partial charge in [0, 0.05) is 0 Å². The molecule has 0 atom stereocenters. The van der Waals surface area contributed by atoms with Crippen LogP contribution in [0.25, 0.3) is 0 Å². The Morgan fingerprint density at radius 1 is 0.520 bits per heavy atom. The number of hydrogen-bond donors (Lipinski definition) is 0. The summed E-state index contributed by atoms with van der Waals surface area (Å²) in [6.07, 6.45) is 6.49. The highest BCUT2D eigenvalue weighted by molar-refractivity contribution is 7.95. The molecule has 128 valence electrons. The third-order valence-electron chi connectivity index (χ3n) is 4.94. The summed E-state index contributed by atoms with van der Waals surface area (Å²) >= 11 is 0. The summed E-state index contributed by atoms with van der Waals surface area (Å²) in [5.74, 6) is 0. The standard InChI is InChI=1S/C24H28P/c1-2-3-4-14-21-25(22-15-8-5-9-16-22,23-17-10-6-11-18-23)24-19-12-7-13-20-24/h5-13,15-20H,2-4,14,21H2,1H3/q+1/i1+1. The van der Waals surface area contributed by atoms with E-state index in [-0.39, 0.29) is 0 Å². The van der Waals surface area contributed by atoms with Crippen molar-refractivity contribution in [2.75, 3.05) is 6.16 Å². The fourth-order valence-corrected chi connectivity index (χ4v) is 8.07. The van der Waals surface area contributed by atoms with E-state index < -0.39 is 7.26 Å². The van der Waals surface area contributed by atoms with E-state index in [1.807, 2.05) is 0 Å². The first-order chi connectivity index (χ1) is 12.4. The van der Waals surface area contributed by atoms with Crippen molar-refractivity contribution in [3.63, 3.8) is 0 Å². The van der Waals surface area contributed by atoms with Crippen LogP contribution in [0.5, 0.6) is 0 Å². The van der Waals surface area contributed by atoms with Crippen molar-refractivity contribution in [2.45, 2.75) is 32.6 Å². The van der Waals surface area contributed by atoms with Crippen molar-refractivity contribution in [1.29, 1.82) is 0 Å². The van der Waals surface area contributed by atoms with E-state index in [2.05, 4.69) is 97.9 Å². The van der Waals surface area contributed by atoms with Crippen molar-refractivity contribution >= 4 is 23.2 Å². The molecular weight excluding hydrogens is 320 g/mol. The number of rotatable bonds is 8. The van der Waals surface area contributed by atoms with Crippen molar-refractivity contribution in [3.05, 3.63) is 91.0 Å². The Bertz CT molecular complexity index is 638. The van der Waals surface area contributed by atoms with E-state index in [1.54, 1.807) is 0 Å². The minimum atomic E-state index is -1.59. The van der Waals surface area contributed by atoms with Gasteiger partial charge in [-0.2, -0.15) is 0 Å². The molecule has 0 saturated heterocycles. The van der Waals surface area contributed by atoms with Crippen molar-refractivity contribution < 1.29 is 0 Å². The predicted octanol–water partition coefficient (Wildman–Crippen LogP) is 5.56. The number of benzene rings is 3. The van der Waals surface area contributed by atoms with Crippen LogP contribution in [-0.2, 0) is 0 Å². The van der Waals surface area contributed by atoms with Gasteiger partial charge >= 0.3 is 0 Å². The summed E-state index contributed by atoms with van der Waals surface area (Å²) in [6.45, 7) is 2.29. The van der Waals surface area contributed by atoms with Gasteiger partial charge in [0.05, 0.1) is 6.16 Å². The number of unbranched alkanes of at least 4 members (excludes halogenated alkanes) is 3. The Morgan fingerprint density at radius 2 is 0.920 bits per heavy atom. The maximum absolute atomic E-state index is 2.34. The van der Waals surface area contributed by atoms with Crippen molar-refractivity contribution in [1.82, 2.24) is 0 Å². The summed E-state index contributed by atoms with van der Waals surface area (Å²) in [7, 11) is -1.59. The quantitative estimate of drug-likeness (QED) is 0.284. The first kappa shape index (κ1) is 17.9. The summed E-state index contributed by atoms with van der Waals surface area (Å²) < 4.78 is 0. The van der Waals surface area contributed by atoms with Crippen LogP contribution in [0, 0.1) is 0 Å². The molecule has 0 aromatic heterocycles. The molecule has 0 saturated carbocycles. The van der Waals surface area contributed by atoms with Crippen LogP contribution in [0.15, 0.2) is 91.0 Å². The van der Waals surface area contributed by atoms with Crippen molar-refractivity contribution in [2.24, 2.45) is 0 Å². The molecule has 3 rings (SSSR count). The van der Waals surface area contributed by atoms with E-state index in [1.165, 1.54) is 47.8 Å². The highest BCUT2D eigenvalue weighted by Crippen LogP contribution is 2.55. The molecular formula is C24H28P+. The lowest BCUT2D eigenvalue weighted by Crippen LogP contribution is -2.33. The van der Waals surface area contributed by atoms with Crippen LogP contribution < -0.4 is 15.9 Å². The van der Waals surface area contributed by atoms with Gasteiger partial charge in [0.25, 0.3) is 0 Å². The second-order valence-electron chi connectivity index (χ2n) is 6.60. The highest BCUT2D eigenvalue weighted by atomic mass is 31.2. The minimum absolute atomic E-state index is 1.25. The van der Waals surface area contributed by atoms with E-state index in [9.17, 15) is 0 Å². The van der Waals surface area contributed by atoms with Crippen LogP contribution in [0.1, 0.15) is 32.6 Å². The highest BCUT2D eigenvalue weighted by Gasteiger charge is 2.44. The van der Waals surface area contributed by atoms with Gasteiger partial charge < -0.3 is 0 Å². The van der Waals surface area contributed by atoms with Gasteiger partial charge in [0.15, 0.2) is 0 Å². The molecule has 25 heavy (non-hydrogen) atoms. The van der Waals surface area contributed by atoms with Crippen LogP contribution in [0.2, 0.25) is 0 Å². The Balaban J connectivity index is 2.13. The molecule has 0 unspecified atom stereocenters. The molecule has 0 aliphatic carbocycles. The second-order valence-corrected chi connectivity index (χ2v) is 10.2. The lowest BCUT2D eigenvalue weighted by molar-refractivity contribution is 0.705. The lowest BCUT2D eigenvalue weighted by Gasteiger charge is -2.27. The molecule has 3 aromatic carbocycles. The van der Waals surface area contributed by atoms with Crippen LogP contribution in [0.3, 0.4) is 0 Å². The zero-order valence-corrected chi connectivity index (χ0v) is 16.0. The Morgan fingerprint density at radius 3 is 1.28 bits per heavy atom. The van der Waals surface area contributed by atoms with Crippen molar-refractivity contribution in [3.8, 4) is 0 Å². The summed E-state index contributed by atoms with van der Waals surface area (Å²) in [4.78, 5) is 0. The van der Waals surface area contributed by atoms with Gasteiger partial charge in [-0.15, -0.1) is 0 Å². The molecule has 0 spiro atoms. The Labute approximate surface area is 153 Å². The molecule has 0 aliphatic rings. The van der Waals surface area contributed by atoms with Gasteiger partial charge in [-0.05, 0) is 49.2 Å². The molecule has 0 radical (unpaired) electrons. The maximum atomic E-state index is 2.34. The molecule has 0 aliphatic heterocycles. The zero-order chi connectivity index (χ0) is 17.4. The maximum Gasteiger partial charge on any atom is 0.112 e. The predicted molar refractivity (Wildman–Crippen MR) is 114 cm³/mol. The normalized spacial score (nSPS) is 11.4. The monoisotopic (exact) mass is 348 g/mol. The Kier molecular flexibility index (Phi) is 6.42. The zero-order valence-electron chi connectivity index (χ0n) is 15.1. The van der Waals surface area contributed by atoms with Crippen LogP contribution in [-0.4, -0.2) is 6.16 Å². The molecule has 0 heterocycles. The molecule has 0 amide bonds. The third kappa shape index (κ3) is 4.02. The average molecular weight is 348 g/mol. The molecule has 0 N–H and O–H groups in total. The van der Waals surface area contributed by atoms with E-state index in [0.29, 0.717) is 0 Å². The second kappa shape index (κ2) is 8.97. The van der Waals surface area contributed by atoms with Crippen LogP contribution in [0.4, 0.5) is 0 Å². The van der Waals surface area contributed by atoms with Gasteiger partial charge in [-0.1, -0.05) is 74.4 Å².